The van der Waals surface area contributed by atoms with E-state index in [0.29, 0.717) is 11.3 Å². The third-order valence-corrected chi connectivity index (χ3v) is 3.58. The van der Waals surface area contributed by atoms with Crippen LogP contribution in [0, 0.1) is 23.0 Å². The van der Waals surface area contributed by atoms with E-state index >= 15 is 0 Å². The van der Waals surface area contributed by atoms with Gasteiger partial charge in [0.15, 0.2) is 0 Å². The Kier molecular flexibility index (Phi) is 5.61. The van der Waals surface area contributed by atoms with Crippen molar-refractivity contribution >= 4 is 11.6 Å². The Morgan fingerprint density at radius 2 is 1.92 bits per heavy atom. The van der Waals surface area contributed by atoms with Crippen LogP contribution >= 0.6 is 0 Å². The molecule has 0 heterocycles. The molecule has 2 aromatic rings. The molecule has 0 aliphatic carbocycles. The maximum atomic E-state index is 13.8. The lowest BCUT2D eigenvalue weighted by atomic mass is 10.1. The monoisotopic (exact) mass is 329 g/mol. The van der Waals surface area contributed by atoms with Crippen LogP contribution in [0.2, 0.25) is 0 Å². The van der Waals surface area contributed by atoms with Gasteiger partial charge in [0.05, 0.1) is 17.7 Å². The summed E-state index contributed by atoms with van der Waals surface area (Å²) in [5.74, 6) is -1.63. The molecule has 0 aromatic heterocycles. The summed E-state index contributed by atoms with van der Waals surface area (Å²) >= 11 is 0. The van der Waals surface area contributed by atoms with Crippen molar-refractivity contribution < 1.29 is 13.6 Å². The molecule has 0 aliphatic heterocycles. The molecule has 0 bridgehead atoms. The average Bonchev–Trinajstić information content (AvgIpc) is 2.54. The largest absolute Gasteiger partial charge is 0.325 e. The van der Waals surface area contributed by atoms with Gasteiger partial charge < -0.3 is 5.32 Å². The number of halogens is 2. The summed E-state index contributed by atoms with van der Waals surface area (Å²) in [6, 6.07) is 10.8. The molecule has 0 saturated carbocycles. The highest BCUT2D eigenvalue weighted by Crippen LogP contribution is 2.18. The molecule has 2 rings (SSSR count). The van der Waals surface area contributed by atoms with Crippen LogP contribution in [-0.2, 0) is 4.79 Å². The summed E-state index contributed by atoms with van der Waals surface area (Å²) in [5, 5.41) is 14.5. The van der Waals surface area contributed by atoms with Gasteiger partial charge in [-0.2, -0.15) is 5.26 Å². The van der Waals surface area contributed by atoms with E-state index in [4.69, 9.17) is 5.26 Å². The zero-order chi connectivity index (χ0) is 17.7. The third-order valence-electron chi connectivity index (χ3n) is 3.58. The maximum absolute atomic E-state index is 13.8. The first kappa shape index (κ1) is 17.6. The number of nitriles is 1. The summed E-state index contributed by atoms with van der Waals surface area (Å²) < 4.78 is 26.7. The van der Waals surface area contributed by atoms with Crippen LogP contribution < -0.4 is 10.6 Å². The van der Waals surface area contributed by atoms with E-state index in [1.54, 1.807) is 38.1 Å². The molecule has 6 heteroatoms. The van der Waals surface area contributed by atoms with Crippen molar-refractivity contribution in [2.24, 2.45) is 0 Å². The molecule has 2 aromatic carbocycles. The summed E-state index contributed by atoms with van der Waals surface area (Å²) in [6.07, 6.45) is 0. The Hall–Kier alpha value is -2.78. The van der Waals surface area contributed by atoms with Crippen molar-refractivity contribution in [3.05, 3.63) is 65.2 Å². The highest BCUT2D eigenvalue weighted by Gasteiger charge is 2.18. The molecule has 2 atom stereocenters. The van der Waals surface area contributed by atoms with Gasteiger partial charge in [-0.3, -0.25) is 10.1 Å². The quantitative estimate of drug-likeness (QED) is 0.882. The standard InChI is InChI=1S/C18H17F2N3O/c1-11(16-7-6-14(19)9-17(16)20)22-12(2)18(24)23-15-5-3-4-13(8-15)10-21/h3-9,11-12,22H,1-2H3,(H,23,24)/t11-,12+/m0/s1. The molecule has 0 saturated heterocycles. The predicted octanol–water partition coefficient (Wildman–Crippen LogP) is 3.51. The van der Waals surface area contributed by atoms with Crippen LogP contribution in [-0.4, -0.2) is 11.9 Å². The molecule has 124 valence electrons. The average molecular weight is 329 g/mol. The number of rotatable bonds is 5. The van der Waals surface area contributed by atoms with Gasteiger partial charge in [-0.25, -0.2) is 8.78 Å². The Morgan fingerprint density at radius 3 is 2.58 bits per heavy atom. The number of benzene rings is 2. The second-order valence-corrected chi connectivity index (χ2v) is 5.46. The Balaban J connectivity index is 2.01. The van der Waals surface area contributed by atoms with Crippen LogP contribution in [0.1, 0.15) is 31.0 Å². The highest BCUT2D eigenvalue weighted by atomic mass is 19.1. The number of carbonyl (C=O) groups is 1. The van der Waals surface area contributed by atoms with E-state index in [-0.39, 0.29) is 11.5 Å². The van der Waals surface area contributed by atoms with E-state index in [9.17, 15) is 13.6 Å². The van der Waals surface area contributed by atoms with Gasteiger partial charge in [0.2, 0.25) is 5.91 Å². The second kappa shape index (κ2) is 7.66. The molecule has 0 radical (unpaired) electrons. The molecule has 4 nitrogen and oxygen atoms in total. The fraction of sp³-hybridized carbons (Fsp3) is 0.222. The molecule has 0 fully saturated rings. The van der Waals surface area contributed by atoms with E-state index < -0.39 is 23.7 Å². The smallest absolute Gasteiger partial charge is 0.241 e. The lowest BCUT2D eigenvalue weighted by Crippen LogP contribution is -2.39. The second-order valence-electron chi connectivity index (χ2n) is 5.46. The van der Waals surface area contributed by atoms with Crippen molar-refractivity contribution in [3.8, 4) is 6.07 Å². The number of amides is 1. The number of hydrogen-bond donors (Lipinski definition) is 2. The lowest BCUT2D eigenvalue weighted by molar-refractivity contribution is -0.117. The number of nitrogens with zero attached hydrogens (tertiary/aromatic N) is 1. The lowest BCUT2D eigenvalue weighted by Gasteiger charge is -2.20. The van der Waals surface area contributed by atoms with Crippen LogP contribution in [0.15, 0.2) is 42.5 Å². The van der Waals surface area contributed by atoms with Crippen molar-refractivity contribution in [2.45, 2.75) is 25.9 Å². The van der Waals surface area contributed by atoms with Crippen molar-refractivity contribution in [1.29, 1.82) is 5.26 Å². The van der Waals surface area contributed by atoms with Gasteiger partial charge in [0.25, 0.3) is 0 Å². The van der Waals surface area contributed by atoms with E-state index in [2.05, 4.69) is 10.6 Å². The van der Waals surface area contributed by atoms with Crippen molar-refractivity contribution in [1.82, 2.24) is 5.32 Å². The molecular weight excluding hydrogens is 312 g/mol. The van der Waals surface area contributed by atoms with E-state index in [1.165, 1.54) is 12.1 Å². The fourth-order valence-corrected chi connectivity index (χ4v) is 2.31. The normalized spacial score (nSPS) is 13.0. The number of hydrogen-bond acceptors (Lipinski definition) is 3. The minimum Gasteiger partial charge on any atom is -0.325 e. The minimum absolute atomic E-state index is 0.280. The Morgan fingerprint density at radius 1 is 1.17 bits per heavy atom. The minimum atomic E-state index is -0.663. The predicted molar refractivity (Wildman–Crippen MR) is 87.2 cm³/mol. The molecule has 2 N–H and O–H groups in total. The number of carbonyl (C=O) groups excluding carboxylic acids is 1. The summed E-state index contributed by atoms with van der Waals surface area (Å²) in [6.45, 7) is 3.33. The maximum Gasteiger partial charge on any atom is 0.241 e. The van der Waals surface area contributed by atoms with Crippen LogP contribution in [0.5, 0.6) is 0 Å². The number of anilines is 1. The van der Waals surface area contributed by atoms with Gasteiger partial charge in [0, 0.05) is 23.4 Å². The summed E-state index contributed by atoms with van der Waals surface area (Å²) in [5.41, 5.74) is 1.23. The Bertz CT molecular complexity index is 786. The molecule has 0 unspecified atom stereocenters. The zero-order valence-electron chi connectivity index (χ0n) is 13.3. The molecular formula is C18H17F2N3O. The molecule has 0 aliphatic rings. The van der Waals surface area contributed by atoms with Gasteiger partial charge in [-0.15, -0.1) is 0 Å². The number of nitrogens with one attached hydrogen (secondary N) is 2. The fourth-order valence-electron chi connectivity index (χ4n) is 2.31. The van der Waals surface area contributed by atoms with Crippen LogP contribution in [0.25, 0.3) is 0 Å². The topological polar surface area (TPSA) is 64.9 Å². The zero-order valence-corrected chi connectivity index (χ0v) is 13.3. The highest BCUT2D eigenvalue weighted by molar-refractivity contribution is 5.94. The van der Waals surface area contributed by atoms with E-state index in [1.807, 2.05) is 6.07 Å². The molecule has 1 amide bonds. The first-order valence-corrected chi connectivity index (χ1v) is 7.42. The molecule has 24 heavy (non-hydrogen) atoms. The SMILES string of the molecule is C[C@H](N[C@H](C)C(=O)Nc1cccc(C#N)c1)c1ccc(F)cc1F. The van der Waals surface area contributed by atoms with Gasteiger partial charge in [-0.1, -0.05) is 12.1 Å². The third kappa shape index (κ3) is 4.37. The van der Waals surface area contributed by atoms with Crippen molar-refractivity contribution in [3.63, 3.8) is 0 Å². The van der Waals surface area contributed by atoms with Gasteiger partial charge in [0.1, 0.15) is 11.6 Å². The summed E-state index contributed by atoms with van der Waals surface area (Å²) in [7, 11) is 0. The van der Waals surface area contributed by atoms with Crippen LogP contribution in [0.4, 0.5) is 14.5 Å². The van der Waals surface area contributed by atoms with Crippen molar-refractivity contribution in [2.75, 3.05) is 5.32 Å². The first-order valence-electron chi connectivity index (χ1n) is 7.42. The summed E-state index contributed by atoms with van der Waals surface area (Å²) in [4.78, 5) is 12.2. The molecule has 0 spiro atoms. The Labute approximate surface area is 139 Å². The van der Waals surface area contributed by atoms with Gasteiger partial charge in [-0.05, 0) is 38.1 Å². The first-order chi connectivity index (χ1) is 11.4. The van der Waals surface area contributed by atoms with E-state index in [0.717, 1.165) is 6.07 Å². The van der Waals surface area contributed by atoms with Crippen LogP contribution in [0.3, 0.4) is 0 Å². The van der Waals surface area contributed by atoms with Gasteiger partial charge >= 0.3 is 0 Å².